The van der Waals surface area contributed by atoms with Crippen LogP contribution in [0.1, 0.15) is 32.1 Å². The summed E-state index contributed by atoms with van der Waals surface area (Å²) >= 11 is 0. The van der Waals surface area contributed by atoms with Crippen LogP contribution >= 0.6 is 0 Å². The Balaban J connectivity index is 1.52. The zero-order chi connectivity index (χ0) is 18.5. The average molecular weight is 360 g/mol. The largest absolute Gasteiger partial charge is 0.492 e. The van der Waals surface area contributed by atoms with Crippen molar-refractivity contribution in [2.45, 2.75) is 32.1 Å². The topological polar surface area (TPSA) is 66.9 Å². The van der Waals surface area contributed by atoms with Gasteiger partial charge in [-0.2, -0.15) is 0 Å². The Labute approximate surface area is 151 Å². The maximum Gasteiger partial charge on any atom is 0.334 e. The van der Waals surface area contributed by atoms with Crippen LogP contribution in [0.15, 0.2) is 35.9 Å². The number of carbonyl (C=O) groups excluding carboxylic acids is 3. The van der Waals surface area contributed by atoms with Crippen LogP contribution in [0.25, 0.3) is 0 Å². The van der Waals surface area contributed by atoms with Crippen LogP contribution in [0.4, 0.5) is 9.18 Å². The summed E-state index contributed by atoms with van der Waals surface area (Å²) in [5.74, 6) is -1.56. The summed E-state index contributed by atoms with van der Waals surface area (Å²) in [6.07, 6.45) is 7.09. The van der Waals surface area contributed by atoms with Crippen LogP contribution < -0.4 is 4.74 Å². The molecule has 0 saturated carbocycles. The molecule has 6 nitrogen and oxygen atoms in total. The van der Waals surface area contributed by atoms with Gasteiger partial charge in [0.1, 0.15) is 18.2 Å². The minimum absolute atomic E-state index is 0.0278. The zero-order valence-corrected chi connectivity index (χ0v) is 14.4. The van der Waals surface area contributed by atoms with Gasteiger partial charge in [-0.15, -0.1) is 0 Å². The van der Waals surface area contributed by atoms with Crippen LogP contribution in [0.2, 0.25) is 0 Å². The highest BCUT2D eigenvalue weighted by atomic mass is 19.1. The molecule has 1 aromatic rings. The smallest absolute Gasteiger partial charge is 0.334 e. The quantitative estimate of drug-likeness (QED) is 0.426. The maximum absolute atomic E-state index is 12.9. The van der Waals surface area contributed by atoms with Gasteiger partial charge in [-0.25, -0.2) is 9.18 Å². The molecule has 1 heterocycles. The summed E-state index contributed by atoms with van der Waals surface area (Å²) in [6, 6.07) is 4.83. The van der Waals surface area contributed by atoms with Crippen molar-refractivity contribution < 1.29 is 23.5 Å². The number of allylic oxidation sites excluding steroid dienone is 1. The number of amides is 4. The van der Waals surface area contributed by atoms with E-state index in [9.17, 15) is 18.8 Å². The molecule has 0 atom stereocenters. The normalized spacial score (nSPS) is 17.7. The zero-order valence-electron chi connectivity index (χ0n) is 14.4. The molecule has 2 aliphatic rings. The van der Waals surface area contributed by atoms with Crippen molar-refractivity contribution in [2.75, 3.05) is 19.7 Å². The predicted molar refractivity (Wildman–Crippen MR) is 91.9 cm³/mol. The Bertz CT molecular complexity index is 730. The first-order valence-electron chi connectivity index (χ1n) is 8.80. The van der Waals surface area contributed by atoms with Crippen LogP contribution in [0.5, 0.6) is 5.75 Å². The highest BCUT2D eigenvalue weighted by Gasteiger charge is 2.43. The Kier molecular flexibility index (Phi) is 5.65. The number of hydrogen-bond acceptors (Lipinski definition) is 4. The van der Waals surface area contributed by atoms with Crippen molar-refractivity contribution in [3.05, 3.63) is 41.7 Å². The molecular weight excluding hydrogens is 339 g/mol. The molecule has 1 fully saturated rings. The lowest BCUT2D eigenvalue weighted by Crippen LogP contribution is -2.36. The fraction of sp³-hybridized carbons (Fsp3) is 0.421. The van der Waals surface area contributed by atoms with Crippen LogP contribution in [-0.4, -0.2) is 47.3 Å². The molecule has 26 heavy (non-hydrogen) atoms. The molecule has 0 aromatic heterocycles. The molecule has 0 radical (unpaired) electrons. The van der Waals surface area contributed by atoms with Gasteiger partial charge < -0.3 is 4.74 Å². The molecule has 7 heteroatoms. The third kappa shape index (κ3) is 4.09. The molecule has 0 N–H and O–H groups in total. The van der Waals surface area contributed by atoms with E-state index in [0.29, 0.717) is 12.2 Å². The Morgan fingerprint density at radius 1 is 0.962 bits per heavy atom. The Morgan fingerprint density at radius 3 is 2.31 bits per heavy atom. The second kappa shape index (κ2) is 8.12. The summed E-state index contributed by atoms with van der Waals surface area (Å²) < 4.78 is 18.2. The average Bonchev–Trinajstić information content (AvgIpc) is 2.86. The number of halogens is 1. The molecule has 138 valence electrons. The Hall–Kier alpha value is -2.70. The number of imide groups is 2. The van der Waals surface area contributed by atoms with Gasteiger partial charge in [0.2, 0.25) is 0 Å². The van der Waals surface area contributed by atoms with Gasteiger partial charge in [0.15, 0.2) is 0 Å². The molecule has 1 aliphatic heterocycles. The van der Waals surface area contributed by atoms with Crippen molar-refractivity contribution in [3.8, 4) is 5.75 Å². The summed E-state index contributed by atoms with van der Waals surface area (Å²) in [6.45, 7) is 0.236. The maximum atomic E-state index is 12.9. The number of carbonyl (C=O) groups is 3. The van der Waals surface area contributed by atoms with Crippen molar-refractivity contribution in [1.29, 1.82) is 0 Å². The van der Waals surface area contributed by atoms with Crippen LogP contribution in [-0.2, 0) is 9.59 Å². The first-order valence-corrected chi connectivity index (χ1v) is 8.80. The summed E-state index contributed by atoms with van der Waals surface area (Å²) in [5.41, 5.74) is 1.24. The van der Waals surface area contributed by atoms with Gasteiger partial charge in [0.05, 0.1) is 6.54 Å². The summed E-state index contributed by atoms with van der Waals surface area (Å²) in [4.78, 5) is 38.4. The minimum atomic E-state index is -0.824. The molecule has 1 aliphatic carbocycles. The number of hydrogen-bond donors (Lipinski definition) is 0. The number of nitrogens with zero attached hydrogens (tertiary/aromatic N) is 2. The van der Waals surface area contributed by atoms with E-state index in [2.05, 4.69) is 6.08 Å². The third-order valence-electron chi connectivity index (χ3n) is 4.57. The van der Waals surface area contributed by atoms with E-state index in [0.717, 1.165) is 29.1 Å². The second-order valence-corrected chi connectivity index (χ2v) is 6.36. The SMILES string of the molecule is O=C1C(=O)N(CCC2=CCCCC2)C(=O)N1CCOc1ccc(F)cc1. The van der Waals surface area contributed by atoms with E-state index >= 15 is 0 Å². The van der Waals surface area contributed by atoms with Crippen molar-refractivity contribution in [3.63, 3.8) is 0 Å². The van der Waals surface area contributed by atoms with Gasteiger partial charge in [-0.3, -0.25) is 19.4 Å². The van der Waals surface area contributed by atoms with Gasteiger partial charge >= 0.3 is 17.8 Å². The van der Waals surface area contributed by atoms with E-state index in [1.165, 1.54) is 36.3 Å². The number of rotatable bonds is 7. The minimum Gasteiger partial charge on any atom is -0.492 e. The van der Waals surface area contributed by atoms with Crippen molar-refractivity contribution in [1.82, 2.24) is 9.80 Å². The van der Waals surface area contributed by atoms with Gasteiger partial charge in [0, 0.05) is 6.54 Å². The van der Waals surface area contributed by atoms with E-state index < -0.39 is 17.8 Å². The van der Waals surface area contributed by atoms with E-state index in [1.54, 1.807) is 0 Å². The third-order valence-corrected chi connectivity index (χ3v) is 4.57. The molecule has 0 unspecified atom stereocenters. The molecule has 0 spiro atoms. The molecule has 1 saturated heterocycles. The van der Waals surface area contributed by atoms with Gasteiger partial charge in [0.25, 0.3) is 0 Å². The molecular formula is C19H21FN2O4. The van der Waals surface area contributed by atoms with Crippen LogP contribution in [0, 0.1) is 5.82 Å². The lowest BCUT2D eigenvalue weighted by Gasteiger charge is -2.18. The van der Waals surface area contributed by atoms with E-state index in [-0.39, 0.29) is 25.5 Å². The lowest BCUT2D eigenvalue weighted by molar-refractivity contribution is -0.143. The van der Waals surface area contributed by atoms with E-state index in [1.807, 2.05) is 0 Å². The standard InChI is InChI=1S/C19H21FN2O4/c20-15-6-8-16(9-7-15)26-13-12-22-18(24)17(23)21(19(22)25)11-10-14-4-2-1-3-5-14/h4,6-9H,1-3,5,10-13H2. The highest BCUT2D eigenvalue weighted by Crippen LogP contribution is 2.22. The molecule has 0 bridgehead atoms. The molecule has 4 amide bonds. The van der Waals surface area contributed by atoms with Gasteiger partial charge in [-0.1, -0.05) is 11.6 Å². The molecule has 3 rings (SSSR count). The van der Waals surface area contributed by atoms with Crippen molar-refractivity contribution in [2.24, 2.45) is 0 Å². The first kappa shape index (κ1) is 18.1. The summed E-state index contributed by atoms with van der Waals surface area (Å²) in [7, 11) is 0. The molecule has 1 aromatic carbocycles. The lowest BCUT2D eigenvalue weighted by atomic mass is 9.97. The van der Waals surface area contributed by atoms with E-state index in [4.69, 9.17) is 4.74 Å². The number of urea groups is 1. The monoisotopic (exact) mass is 360 g/mol. The fourth-order valence-corrected chi connectivity index (χ4v) is 3.12. The fourth-order valence-electron chi connectivity index (χ4n) is 3.12. The first-order chi connectivity index (χ1) is 12.6. The van der Waals surface area contributed by atoms with Crippen LogP contribution in [0.3, 0.4) is 0 Å². The number of ether oxygens (including phenoxy) is 1. The van der Waals surface area contributed by atoms with Crippen molar-refractivity contribution >= 4 is 17.8 Å². The predicted octanol–water partition coefficient (Wildman–Crippen LogP) is 2.89. The van der Waals surface area contributed by atoms with Gasteiger partial charge in [-0.05, 0) is 56.4 Å². The second-order valence-electron chi connectivity index (χ2n) is 6.36. The Morgan fingerprint density at radius 2 is 1.65 bits per heavy atom. The highest BCUT2D eigenvalue weighted by molar-refractivity contribution is 6.44. The number of benzene rings is 1. The summed E-state index contributed by atoms with van der Waals surface area (Å²) in [5, 5.41) is 0.